The number of aliphatic carboxylic acids is 1. The van der Waals surface area contributed by atoms with E-state index in [0.717, 1.165) is 10.6 Å². The summed E-state index contributed by atoms with van der Waals surface area (Å²) < 4.78 is 13.0. The highest BCUT2D eigenvalue weighted by Gasteiger charge is 2.22. The van der Waals surface area contributed by atoms with Crippen molar-refractivity contribution in [1.82, 2.24) is 9.88 Å². The molecule has 2 rings (SSSR count). The van der Waals surface area contributed by atoms with Crippen molar-refractivity contribution in [2.24, 2.45) is 0 Å². The molecule has 0 saturated heterocycles. The summed E-state index contributed by atoms with van der Waals surface area (Å²) in [4.78, 5) is 29.7. The zero-order valence-corrected chi connectivity index (χ0v) is 14.4. The van der Waals surface area contributed by atoms with Gasteiger partial charge in [-0.15, -0.1) is 11.3 Å². The van der Waals surface area contributed by atoms with Crippen molar-refractivity contribution in [3.8, 4) is 0 Å². The van der Waals surface area contributed by atoms with Crippen molar-refractivity contribution in [2.75, 3.05) is 13.1 Å². The highest BCUT2D eigenvalue weighted by molar-refractivity contribution is 7.13. The third-order valence-electron chi connectivity index (χ3n) is 3.41. The monoisotopic (exact) mass is 350 g/mol. The quantitative estimate of drug-likeness (QED) is 0.833. The van der Waals surface area contributed by atoms with Gasteiger partial charge in [-0.25, -0.2) is 9.37 Å². The average molecular weight is 350 g/mol. The maximum atomic E-state index is 13.0. The van der Waals surface area contributed by atoms with Gasteiger partial charge in [0.2, 0.25) is 0 Å². The number of aromatic nitrogens is 1. The Hall–Kier alpha value is -2.28. The molecule has 0 aliphatic heterocycles. The topological polar surface area (TPSA) is 70.5 Å². The van der Waals surface area contributed by atoms with E-state index in [4.69, 9.17) is 5.11 Å². The number of carboxylic acids is 1. The first kappa shape index (κ1) is 18.1. The third kappa shape index (κ3) is 4.61. The van der Waals surface area contributed by atoms with Crippen LogP contribution in [0.25, 0.3) is 0 Å². The second-order valence-corrected chi connectivity index (χ2v) is 6.53. The Kier molecular flexibility index (Phi) is 6.03. The fourth-order valence-electron chi connectivity index (χ4n) is 2.33. The second kappa shape index (κ2) is 8.01. The minimum absolute atomic E-state index is 0.297. The molecule has 128 valence electrons. The van der Waals surface area contributed by atoms with E-state index < -0.39 is 5.97 Å². The van der Waals surface area contributed by atoms with Crippen molar-refractivity contribution in [3.05, 3.63) is 51.2 Å². The lowest BCUT2D eigenvalue weighted by Crippen LogP contribution is -2.36. The molecule has 1 amide bonds. The maximum absolute atomic E-state index is 13.0. The van der Waals surface area contributed by atoms with Crippen LogP contribution in [-0.4, -0.2) is 40.0 Å². The van der Waals surface area contributed by atoms with Crippen molar-refractivity contribution in [1.29, 1.82) is 0 Å². The number of hydrogen-bond donors (Lipinski definition) is 1. The van der Waals surface area contributed by atoms with E-state index in [1.807, 2.05) is 6.92 Å². The van der Waals surface area contributed by atoms with Gasteiger partial charge in [-0.3, -0.25) is 9.59 Å². The summed E-state index contributed by atoms with van der Waals surface area (Å²) in [5, 5.41) is 9.71. The molecule has 1 aromatic carbocycles. The van der Waals surface area contributed by atoms with Crippen LogP contribution in [0.2, 0.25) is 0 Å². The van der Waals surface area contributed by atoms with E-state index in [0.29, 0.717) is 30.0 Å². The Morgan fingerprint density at radius 3 is 2.54 bits per heavy atom. The number of hydrogen-bond acceptors (Lipinski definition) is 4. The van der Waals surface area contributed by atoms with Gasteiger partial charge in [0.1, 0.15) is 17.2 Å². The Morgan fingerprint density at radius 2 is 1.96 bits per heavy atom. The Bertz CT molecular complexity index is 728. The van der Waals surface area contributed by atoms with Crippen LogP contribution < -0.4 is 0 Å². The zero-order chi connectivity index (χ0) is 17.7. The fourth-order valence-corrected chi connectivity index (χ4v) is 3.40. The number of thiazole rings is 1. The molecular weight excluding hydrogens is 331 g/mol. The number of rotatable bonds is 7. The number of halogens is 1. The van der Waals surface area contributed by atoms with Crippen LogP contribution in [0.4, 0.5) is 4.39 Å². The summed E-state index contributed by atoms with van der Waals surface area (Å²) in [5.74, 6) is -1.64. The highest BCUT2D eigenvalue weighted by atomic mass is 32.1. The van der Waals surface area contributed by atoms with Crippen LogP contribution in [-0.2, 0) is 11.2 Å². The molecule has 0 aliphatic carbocycles. The SMILES string of the molecule is CCCN(CC(=O)O)C(=O)c1sc(Cc2ccc(F)cc2)nc1C. The summed E-state index contributed by atoms with van der Waals surface area (Å²) in [6.45, 7) is 3.69. The zero-order valence-electron chi connectivity index (χ0n) is 13.6. The highest BCUT2D eigenvalue weighted by Crippen LogP contribution is 2.22. The lowest BCUT2D eigenvalue weighted by atomic mass is 10.1. The van der Waals surface area contributed by atoms with Crippen LogP contribution in [0.15, 0.2) is 24.3 Å². The molecule has 0 atom stereocenters. The van der Waals surface area contributed by atoms with Gasteiger partial charge in [-0.05, 0) is 31.0 Å². The molecule has 1 heterocycles. The Balaban J connectivity index is 2.18. The molecule has 1 aromatic heterocycles. The number of carbonyl (C=O) groups excluding carboxylic acids is 1. The van der Waals surface area contributed by atoms with Gasteiger partial charge in [0.15, 0.2) is 0 Å². The Labute approximate surface area is 143 Å². The predicted octanol–water partition coefficient (Wildman–Crippen LogP) is 3.12. The molecule has 0 fully saturated rings. The normalized spacial score (nSPS) is 10.6. The molecule has 7 heteroatoms. The van der Waals surface area contributed by atoms with Gasteiger partial charge in [0.25, 0.3) is 5.91 Å². The van der Waals surface area contributed by atoms with Crippen molar-refractivity contribution in [2.45, 2.75) is 26.7 Å². The van der Waals surface area contributed by atoms with Gasteiger partial charge in [0.05, 0.1) is 10.7 Å². The molecule has 0 radical (unpaired) electrons. The summed E-state index contributed by atoms with van der Waals surface area (Å²) >= 11 is 1.26. The molecular formula is C17H19FN2O3S. The summed E-state index contributed by atoms with van der Waals surface area (Å²) in [6, 6.07) is 6.14. The van der Waals surface area contributed by atoms with Gasteiger partial charge in [0, 0.05) is 13.0 Å². The molecule has 5 nitrogen and oxygen atoms in total. The minimum atomic E-state index is -1.04. The standard InChI is InChI=1S/C17H19FN2O3S/c1-3-8-20(10-15(21)22)17(23)16-11(2)19-14(24-16)9-12-4-6-13(18)7-5-12/h4-7H,3,8-10H2,1-2H3,(H,21,22). The number of aryl methyl sites for hydroxylation is 1. The van der Waals surface area contributed by atoms with E-state index in [1.54, 1.807) is 19.1 Å². The average Bonchev–Trinajstić information content (AvgIpc) is 2.88. The Morgan fingerprint density at radius 1 is 1.29 bits per heavy atom. The first-order valence-corrected chi connectivity index (χ1v) is 8.44. The first-order valence-electron chi connectivity index (χ1n) is 7.62. The molecule has 2 aromatic rings. The number of benzene rings is 1. The number of carboxylic acid groups (broad SMARTS) is 1. The second-order valence-electron chi connectivity index (χ2n) is 5.45. The molecule has 0 spiro atoms. The van der Waals surface area contributed by atoms with Crippen molar-refractivity contribution in [3.63, 3.8) is 0 Å². The maximum Gasteiger partial charge on any atom is 0.323 e. The summed E-state index contributed by atoms with van der Waals surface area (Å²) in [6.07, 6.45) is 1.19. The number of nitrogens with zero attached hydrogens (tertiary/aromatic N) is 2. The molecule has 0 unspecified atom stereocenters. The molecule has 0 saturated carbocycles. The van der Waals surface area contributed by atoms with Gasteiger partial charge < -0.3 is 10.0 Å². The van der Waals surface area contributed by atoms with E-state index in [1.165, 1.54) is 28.4 Å². The fraction of sp³-hybridized carbons (Fsp3) is 0.353. The minimum Gasteiger partial charge on any atom is -0.480 e. The lowest BCUT2D eigenvalue weighted by Gasteiger charge is -2.19. The van der Waals surface area contributed by atoms with Crippen LogP contribution >= 0.6 is 11.3 Å². The number of amides is 1. The van der Waals surface area contributed by atoms with E-state index in [-0.39, 0.29) is 18.3 Å². The molecule has 0 bridgehead atoms. The summed E-state index contributed by atoms with van der Waals surface area (Å²) in [5.41, 5.74) is 1.49. The van der Waals surface area contributed by atoms with Crippen molar-refractivity contribution < 1.29 is 19.1 Å². The van der Waals surface area contributed by atoms with E-state index in [2.05, 4.69) is 4.98 Å². The van der Waals surface area contributed by atoms with Crippen LogP contribution in [0.5, 0.6) is 0 Å². The third-order valence-corrected chi connectivity index (χ3v) is 4.56. The van der Waals surface area contributed by atoms with Crippen molar-refractivity contribution >= 4 is 23.2 Å². The van der Waals surface area contributed by atoms with E-state index >= 15 is 0 Å². The van der Waals surface area contributed by atoms with Crippen LogP contribution in [0.3, 0.4) is 0 Å². The van der Waals surface area contributed by atoms with Crippen LogP contribution in [0, 0.1) is 12.7 Å². The predicted molar refractivity (Wildman–Crippen MR) is 89.9 cm³/mol. The van der Waals surface area contributed by atoms with Gasteiger partial charge in [-0.1, -0.05) is 19.1 Å². The van der Waals surface area contributed by atoms with Gasteiger partial charge in [-0.2, -0.15) is 0 Å². The van der Waals surface area contributed by atoms with Crippen LogP contribution in [0.1, 0.15) is 39.3 Å². The molecule has 24 heavy (non-hydrogen) atoms. The molecule has 0 aliphatic rings. The smallest absolute Gasteiger partial charge is 0.323 e. The van der Waals surface area contributed by atoms with Gasteiger partial charge >= 0.3 is 5.97 Å². The lowest BCUT2D eigenvalue weighted by molar-refractivity contribution is -0.137. The number of carbonyl (C=O) groups is 2. The summed E-state index contributed by atoms with van der Waals surface area (Å²) in [7, 11) is 0. The van der Waals surface area contributed by atoms with E-state index in [9.17, 15) is 14.0 Å². The molecule has 1 N–H and O–H groups in total. The largest absolute Gasteiger partial charge is 0.480 e. The first-order chi connectivity index (χ1) is 11.4.